The Bertz CT molecular complexity index is 479. The van der Waals surface area contributed by atoms with Crippen molar-refractivity contribution in [3.63, 3.8) is 0 Å². The van der Waals surface area contributed by atoms with Gasteiger partial charge in [-0.05, 0) is 12.1 Å². The van der Waals surface area contributed by atoms with Crippen molar-refractivity contribution in [3.8, 4) is 0 Å². The highest BCUT2D eigenvalue weighted by Crippen LogP contribution is 2.09. The van der Waals surface area contributed by atoms with Gasteiger partial charge in [0.05, 0.1) is 25.3 Å². The van der Waals surface area contributed by atoms with Crippen molar-refractivity contribution in [3.05, 3.63) is 36.5 Å². The van der Waals surface area contributed by atoms with E-state index in [-0.39, 0.29) is 5.91 Å². The first-order chi connectivity index (χ1) is 9.16. The summed E-state index contributed by atoms with van der Waals surface area (Å²) in [6, 6.07) is 5.84. The molecule has 0 radical (unpaired) electrons. The number of carboxylic acid groups (broad SMARTS) is 1. The van der Waals surface area contributed by atoms with Crippen LogP contribution in [0, 0.1) is 0 Å². The van der Waals surface area contributed by atoms with E-state index < -0.39 is 5.97 Å². The molecule has 100 valence electrons. The Kier molecular flexibility index (Phi) is 4.12. The van der Waals surface area contributed by atoms with Gasteiger partial charge in [-0.2, -0.15) is 0 Å². The Balaban J connectivity index is 1.89. The number of amides is 1. The molecule has 1 aromatic rings. The van der Waals surface area contributed by atoms with E-state index in [1.54, 1.807) is 4.90 Å². The Hall–Kier alpha value is -2.37. The monoisotopic (exact) mass is 261 g/mol. The Morgan fingerprint density at radius 3 is 2.47 bits per heavy atom. The van der Waals surface area contributed by atoms with Gasteiger partial charge in [-0.25, -0.2) is 4.98 Å². The number of rotatable bonds is 3. The van der Waals surface area contributed by atoms with Crippen molar-refractivity contribution < 1.29 is 19.7 Å². The number of nitrogens with one attached hydrogen (secondary N) is 1. The van der Waals surface area contributed by atoms with E-state index in [1.165, 1.54) is 0 Å². The standard InChI is InChI=1S/C13H15N3O3/c17-12(4-5-13(18)19)16-9-7-15(8-10-16)11-3-1-2-6-14-11/h1-6H,7-10H2,(H,18,19)/b5-4+. The lowest BCUT2D eigenvalue weighted by atomic mass is 10.3. The number of H-pyrrole nitrogens is 1. The number of aromatic nitrogens is 1. The van der Waals surface area contributed by atoms with E-state index in [0.717, 1.165) is 18.0 Å². The molecule has 1 aliphatic heterocycles. The van der Waals surface area contributed by atoms with Crippen molar-refractivity contribution in [2.24, 2.45) is 0 Å². The maximum Gasteiger partial charge on any atom is 0.274 e. The third-order valence-electron chi connectivity index (χ3n) is 2.99. The number of hydrogen-bond acceptors (Lipinski definition) is 4. The first kappa shape index (κ1) is 13.1. The Labute approximate surface area is 111 Å². The molecule has 1 aromatic heterocycles. The minimum Gasteiger partial charge on any atom is -0.545 e. The number of aliphatic carboxylic acids is 1. The van der Waals surface area contributed by atoms with Gasteiger partial charge in [0.1, 0.15) is 13.1 Å². The fourth-order valence-electron chi connectivity index (χ4n) is 1.99. The minimum atomic E-state index is -1.36. The van der Waals surface area contributed by atoms with Crippen LogP contribution in [-0.4, -0.2) is 43.0 Å². The summed E-state index contributed by atoms with van der Waals surface area (Å²) in [5, 5.41) is 10.2. The molecule has 1 aliphatic rings. The number of pyridine rings is 1. The summed E-state index contributed by atoms with van der Waals surface area (Å²) >= 11 is 0. The highest BCUT2D eigenvalue weighted by Gasteiger charge is 2.24. The molecule has 1 fully saturated rings. The molecule has 6 nitrogen and oxygen atoms in total. The second-order valence-electron chi connectivity index (χ2n) is 4.21. The van der Waals surface area contributed by atoms with Crippen molar-refractivity contribution in [2.75, 3.05) is 31.1 Å². The lowest BCUT2D eigenvalue weighted by molar-refractivity contribution is -0.364. The number of nitrogens with zero attached hydrogens (tertiary/aromatic N) is 2. The molecule has 0 aliphatic carbocycles. The maximum atomic E-state index is 11.7. The van der Waals surface area contributed by atoms with Crippen molar-refractivity contribution in [1.29, 1.82) is 0 Å². The molecule has 2 rings (SSSR count). The predicted molar refractivity (Wildman–Crippen MR) is 65.9 cm³/mol. The lowest BCUT2D eigenvalue weighted by Crippen LogP contribution is -2.49. The number of aromatic amines is 1. The smallest absolute Gasteiger partial charge is 0.274 e. The Morgan fingerprint density at radius 1 is 1.16 bits per heavy atom. The third-order valence-corrected chi connectivity index (χ3v) is 2.99. The molecule has 1 amide bonds. The van der Waals surface area contributed by atoms with E-state index in [0.29, 0.717) is 26.2 Å². The largest absolute Gasteiger partial charge is 0.545 e. The van der Waals surface area contributed by atoms with Crippen LogP contribution < -0.4 is 15.0 Å². The quantitative estimate of drug-likeness (QED) is 0.618. The molecular weight excluding hydrogens is 246 g/mol. The average Bonchev–Trinajstić information content (AvgIpc) is 2.46. The summed E-state index contributed by atoms with van der Waals surface area (Å²) in [6.45, 7) is 2.56. The molecule has 2 heterocycles. The van der Waals surface area contributed by atoms with Crippen molar-refractivity contribution in [1.82, 2.24) is 4.90 Å². The average molecular weight is 261 g/mol. The zero-order valence-electron chi connectivity index (χ0n) is 10.4. The predicted octanol–water partition coefficient (Wildman–Crippen LogP) is -1.54. The normalized spacial score (nSPS) is 15.8. The van der Waals surface area contributed by atoms with Gasteiger partial charge >= 0.3 is 0 Å². The molecule has 1 saturated heterocycles. The van der Waals surface area contributed by atoms with Crippen molar-refractivity contribution in [2.45, 2.75) is 0 Å². The number of carbonyl (C=O) groups is 2. The first-order valence-electron chi connectivity index (χ1n) is 6.06. The van der Waals surface area contributed by atoms with Gasteiger partial charge in [-0.1, -0.05) is 6.07 Å². The molecule has 0 bridgehead atoms. The van der Waals surface area contributed by atoms with Gasteiger partial charge in [0.15, 0.2) is 0 Å². The molecule has 0 unspecified atom stereocenters. The molecule has 0 spiro atoms. The second-order valence-corrected chi connectivity index (χ2v) is 4.21. The highest BCUT2D eigenvalue weighted by molar-refractivity contribution is 5.93. The van der Waals surface area contributed by atoms with Crippen LogP contribution in [0.2, 0.25) is 0 Å². The molecular formula is C13H15N3O3. The van der Waals surface area contributed by atoms with Crippen LogP contribution in [0.1, 0.15) is 0 Å². The highest BCUT2D eigenvalue weighted by atomic mass is 16.4. The summed E-state index contributed by atoms with van der Waals surface area (Å²) in [6.07, 6.45) is 3.66. The Morgan fingerprint density at radius 2 is 1.89 bits per heavy atom. The first-order valence-corrected chi connectivity index (χ1v) is 6.06. The molecule has 0 atom stereocenters. The minimum absolute atomic E-state index is 0.291. The van der Waals surface area contributed by atoms with E-state index in [1.807, 2.05) is 24.4 Å². The molecule has 1 N–H and O–H groups in total. The SMILES string of the molecule is O=C([O-])/C=C/C(=O)N1CCN(c2cccc[nH+]2)CC1. The van der Waals surface area contributed by atoms with Crippen LogP contribution in [0.15, 0.2) is 36.5 Å². The number of carboxylic acids is 1. The van der Waals surface area contributed by atoms with Gasteiger partial charge in [0.25, 0.3) is 5.82 Å². The molecule has 19 heavy (non-hydrogen) atoms. The topological polar surface area (TPSA) is 77.8 Å². The number of piperazine rings is 1. The van der Waals surface area contributed by atoms with Crippen LogP contribution in [0.3, 0.4) is 0 Å². The summed E-state index contributed by atoms with van der Waals surface area (Å²) < 4.78 is 0. The van der Waals surface area contributed by atoms with Gasteiger partial charge in [-0.3, -0.25) is 9.69 Å². The third kappa shape index (κ3) is 3.54. The fraction of sp³-hybridized carbons (Fsp3) is 0.308. The molecule has 0 saturated carbocycles. The zero-order chi connectivity index (χ0) is 13.7. The zero-order valence-corrected chi connectivity index (χ0v) is 10.4. The molecule has 6 heteroatoms. The summed E-state index contributed by atoms with van der Waals surface area (Å²) in [4.78, 5) is 28.8. The number of anilines is 1. The second kappa shape index (κ2) is 5.99. The van der Waals surface area contributed by atoms with E-state index in [2.05, 4.69) is 9.88 Å². The van der Waals surface area contributed by atoms with Gasteiger partial charge in [0, 0.05) is 12.1 Å². The van der Waals surface area contributed by atoms with Gasteiger partial charge in [-0.15, -0.1) is 0 Å². The number of carbonyl (C=O) groups excluding carboxylic acids is 2. The lowest BCUT2D eigenvalue weighted by Gasteiger charge is -2.30. The van der Waals surface area contributed by atoms with Crippen LogP contribution >= 0.6 is 0 Å². The van der Waals surface area contributed by atoms with E-state index in [4.69, 9.17) is 0 Å². The van der Waals surface area contributed by atoms with Crippen molar-refractivity contribution >= 4 is 17.7 Å². The van der Waals surface area contributed by atoms with E-state index >= 15 is 0 Å². The summed E-state index contributed by atoms with van der Waals surface area (Å²) in [5.74, 6) is -0.633. The van der Waals surface area contributed by atoms with Crippen LogP contribution in [0.4, 0.5) is 5.82 Å². The van der Waals surface area contributed by atoms with Crippen LogP contribution in [-0.2, 0) is 9.59 Å². The van der Waals surface area contributed by atoms with Gasteiger partial charge in [0.2, 0.25) is 5.91 Å². The van der Waals surface area contributed by atoms with E-state index in [9.17, 15) is 14.7 Å². The molecule has 0 aromatic carbocycles. The summed E-state index contributed by atoms with van der Waals surface area (Å²) in [5.41, 5.74) is 0. The van der Waals surface area contributed by atoms with Crippen LogP contribution in [0.5, 0.6) is 0 Å². The van der Waals surface area contributed by atoms with Gasteiger partial charge < -0.3 is 14.8 Å². The number of hydrogen-bond donors (Lipinski definition) is 0. The summed E-state index contributed by atoms with van der Waals surface area (Å²) in [7, 11) is 0. The fourth-order valence-corrected chi connectivity index (χ4v) is 1.99. The maximum absolute atomic E-state index is 11.7. The van der Waals surface area contributed by atoms with Crippen LogP contribution in [0.25, 0.3) is 0 Å².